The first-order valence-corrected chi connectivity index (χ1v) is 5.25. The highest BCUT2D eigenvalue weighted by Gasteiger charge is 2.23. The zero-order valence-corrected chi connectivity index (χ0v) is 8.02. The van der Waals surface area contributed by atoms with Crippen molar-refractivity contribution in [2.45, 2.75) is 6.42 Å². The molecule has 0 bridgehead atoms. The lowest BCUT2D eigenvalue weighted by atomic mass is 10.2. The van der Waals surface area contributed by atoms with Crippen molar-refractivity contribution in [1.82, 2.24) is 0 Å². The van der Waals surface area contributed by atoms with Crippen LogP contribution in [0, 0.1) is 0 Å². The van der Waals surface area contributed by atoms with Gasteiger partial charge in [0.2, 0.25) is 0 Å². The van der Waals surface area contributed by atoms with E-state index < -0.39 is 10.1 Å². The molecule has 0 atom stereocenters. The number of hydrogen-bond donors (Lipinski definition) is 0. The van der Waals surface area contributed by atoms with E-state index in [1.54, 1.807) is 0 Å². The van der Waals surface area contributed by atoms with E-state index in [1.807, 2.05) is 0 Å². The zero-order chi connectivity index (χ0) is 9.12. The minimum Gasteiger partial charge on any atom is -0.748 e. The third-order valence-corrected chi connectivity index (χ3v) is 1.53. The summed E-state index contributed by atoms with van der Waals surface area (Å²) >= 11 is 0. The molecule has 1 rings (SSSR count). The van der Waals surface area contributed by atoms with Crippen LogP contribution in [0.15, 0.2) is 0 Å². The number of hydrogen-bond acceptors (Lipinski definition) is 3. The molecule has 1 aliphatic heterocycles. The fourth-order valence-corrected chi connectivity index (χ4v) is 0.791. The summed E-state index contributed by atoms with van der Waals surface area (Å²) in [7, 11) is 0.618. The van der Waals surface area contributed by atoms with Crippen LogP contribution >= 0.6 is 0 Å². The molecule has 1 aliphatic rings. The molecule has 0 N–H and O–H groups in total. The molecule has 1 fully saturated rings. The van der Waals surface area contributed by atoms with E-state index in [2.05, 4.69) is 14.1 Å². The number of nitrogens with zero attached hydrogens (tertiary/aromatic N) is 1. The zero-order valence-electron chi connectivity index (χ0n) is 7.20. The van der Waals surface area contributed by atoms with Gasteiger partial charge in [0.05, 0.1) is 37.3 Å². The van der Waals surface area contributed by atoms with Gasteiger partial charge in [-0.1, -0.05) is 0 Å². The molecule has 0 unspecified atom stereocenters. The highest BCUT2D eigenvalue weighted by Crippen LogP contribution is 2.10. The van der Waals surface area contributed by atoms with Gasteiger partial charge < -0.3 is 9.04 Å². The van der Waals surface area contributed by atoms with Gasteiger partial charge >= 0.3 is 0 Å². The van der Waals surface area contributed by atoms with Crippen LogP contribution in [0.1, 0.15) is 6.42 Å². The van der Waals surface area contributed by atoms with Crippen LogP contribution in [0.25, 0.3) is 0 Å². The standard InChI is InChI=1S/C5H12N.CH4O3S/c1-6(2)4-3-5-6;1-5(2,3)4/h3-5H2,1-2H3;1H3,(H,2,3,4)/q+1;/p-1. The maximum Gasteiger partial charge on any atom is 0.0916 e. The summed E-state index contributed by atoms with van der Waals surface area (Å²) in [4.78, 5) is 0. The van der Waals surface area contributed by atoms with Crippen LogP contribution in [0.2, 0.25) is 0 Å². The second-order valence-corrected chi connectivity index (χ2v) is 4.85. The number of rotatable bonds is 0. The normalized spacial score (nSPS) is 21.1. The maximum atomic E-state index is 9.08. The highest BCUT2D eigenvalue weighted by molar-refractivity contribution is 7.84. The quantitative estimate of drug-likeness (QED) is 0.378. The molecule has 4 nitrogen and oxygen atoms in total. The highest BCUT2D eigenvalue weighted by atomic mass is 32.2. The first-order chi connectivity index (χ1) is 4.71. The molecule has 0 spiro atoms. The van der Waals surface area contributed by atoms with Gasteiger partial charge in [0.25, 0.3) is 0 Å². The van der Waals surface area contributed by atoms with Crippen molar-refractivity contribution in [2.24, 2.45) is 0 Å². The Balaban J connectivity index is 0.000000187. The van der Waals surface area contributed by atoms with Gasteiger partial charge in [-0.05, 0) is 0 Å². The summed E-state index contributed by atoms with van der Waals surface area (Å²) in [6.45, 7) is 2.78. The number of quaternary nitrogens is 1. The van der Waals surface area contributed by atoms with E-state index in [0.717, 1.165) is 0 Å². The molecule has 0 aromatic carbocycles. The van der Waals surface area contributed by atoms with Crippen LogP contribution in [-0.2, 0) is 10.1 Å². The molecule has 0 aromatic rings. The summed E-state index contributed by atoms with van der Waals surface area (Å²) in [5.74, 6) is 0. The van der Waals surface area contributed by atoms with Crippen molar-refractivity contribution in [3.63, 3.8) is 0 Å². The molecule has 0 amide bonds. The molecular weight excluding hydrogens is 166 g/mol. The van der Waals surface area contributed by atoms with E-state index >= 15 is 0 Å². The smallest absolute Gasteiger partial charge is 0.0916 e. The van der Waals surface area contributed by atoms with Gasteiger partial charge in [-0.3, -0.25) is 0 Å². The van der Waals surface area contributed by atoms with Gasteiger partial charge in [0, 0.05) is 12.7 Å². The molecule has 0 radical (unpaired) electrons. The van der Waals surface area contributed by atoms with Crippen LogP contribution in [0.3, 0.4) is 0 Å². The Bertz CT molecular complexity index is 194. The summed E-state index contributed by atoms with van der Waals surface area (Å²) in [5.41, 5.74) is 0. The molecule has 5 heteroatoms. The fraction of sp³-hybridized carbons (Fsp3) is 1.00. The fourth-order valence-electron chi connectivity index (χ4n) is 0.791. The van der Waals surface area contributed by atoms with E-state index in [9.17, 15) is 0 Å². The van der Waals surface area contributed by atoms with Crippen molar-refractivity contribution >= 4 is 10.1 Å². The van der Waals surface area contributed by atoms with Crippen molar-refractivity contribution in [3.05, 3.63) is 0 Å². The molecule has 0 saturated carbocycles. The van der Waals surface area contributed by atoms with Gasteiger partial charge in [-0.25, -0.2) is 8.42 Å². The van der Waals surface area contributed by atoms with Gasteiger partial charge in [0.15, 0.2) is 0 Å². The van der Waals surface area contributed by atoms with E-state index in [0.29, 0.717) is 6.26 Å². The minimum atomic E-state index is -3.92. The Morgan fingerprint density at radius 3 is 1.45 bits per heavy atom. The molecule has 0 aromatic heterocycles. The molecule has 1 heterocycles. The van der Waals surface area contributed by atoms with E-state index in [1.165, 1.54) is 24.0 Å². The van der Waals surface area contributed by atoms with Crippen LogP contribution in [0.4, 0.5) is 0 Å². The van der Waals surface area contributed by atoms with E-state index in [-0.39, 0.29) is 0 Å². The van der Waals surface area contributed by atoms with Crippen molar-refractivity contribution in [2.75, 3.05) is 33.4 Å². The SMILES string of the molecule is CS(=O)(=O)[O-].C[N+]1(C)CCC1. The second-order valence-electron chi connectivity index (χ2n) is 3.44. The first-order valence-electron chi connectivity index (χ1n) is 3.44. The van der Waals surface area contributed by atoms with Crippen molar-refractivity contribution < 1.29 is 17.5 Å². The first kappa shape index (κ1) is 10.9. The molecular formula is C6H15NO3S. The predicted molar refractivity (Wildman–Crippen MR) is 42.1 cm³/mol. The van der Waals surface area contributed by atoms with Crippen molar-refractivity contribution in [1.29, 1.82) is 0 Å². The Labute approximate surface area is 68.2 Å². The molecule has 11 heavy (non-hydrogen) atoms. The van der Waals surface area contributed by atoms with E-state index in [4.69, 9.17) is 13.0 Å². The monoisotopic (exact) mass is 181 g/mol. The summed E-state index contributed by atoms with van der Waals surface area (Å²) < 4.78 is 28.5. The third-order valence-electron chi connectivity index (χ3n) is 1.53. The maximum absolute atomic E-state index is 9.08. The van der Waals surface area contributed by atoms with Crippen LogP contribution in [-0.4, -0.2) is 50.9 Å². The van der Waals surface area contributed by atoms with Crippen LogP contribution in [0.5, 0.6) is 0 Å². The third kappa shape index (κ3) is 9.87. The predicted octanol–water partition coefficient (Wildman–Crippen LogP) is -0.372. The molecule has 1 saturated heterocycles. The topological polar surface area (TPSA) is 57.2 Å². The number of likely N-dealkylation sites (tertiary alicyclic amines) is 1. The van der Waals surface area contributed by atoms with Crippen LogP contribution < -0.4 is 0 Å². The average Bonchev–Trinajstić information content (AvgIpc) is 1.57. The van der Waals surface area contributed by atoms with Gasteiger partial charge in [0.1, 0.15) is 0 Å². The molecule has 68 valence electrons. The minimum absolute atomic E-state index is 0.604. The molecule has 0 aliphatic carbocycles. The summed E-state index contributed by atoms with van der Waals surface area (Å²) in [6, 6.07) is 0. The Hall–Kier alpha value is -0.130. The largest absolute Gasteiger partial charge is 0.748 e. The van der Waals surface area contributed by atoms with Gasteiger partial charge in [-0.2, -0.15) is 0 Å². The summed E-state index contributed by atoms with van der Waals surface area (Å²) in [6.07, 6.45) is 2.04. The summed E-state index contributed by atoms with van der Waals surface area (Å²) in [5, 5.41) is 0. The lowest BCUT2D eigenvalue weighted by Crippen LogP contribution is -2.50. The Morgan fingerprint density at radius 1 is 1.27 bits per heavy atom. The van der Waals surface area contributed by atoms with Crippen molar-refractivity contribution in [3.8, 4) is 0 Å². The lowest BCUT2D eigenvalue weighted by Gasteiger charge is -2.37. The lowest BCUT2D eigenvalue weighted by molar-refractivity contribution is -0.927. The second kappa shape index (κ2) is 3.51. The Morgan fingerprint density at radius 2 is 1.45 bits per heavy atom. The Kier molecular flexibility index (Phi) is 3.47. The van der Waals surface area contributed by atoms with Gasteiger partial charge in [-0.15, -0.1) is 0 Å². The average molecular weight is 181 g/mol.